The van der Waals surface area contributed by atoms with E-state index >= 15 is 0 Å². The summed E-state index contributed by atoms with van der Waals surface area (Å²) >= 11 is 1.16. The molecule has 0 aliphatic rings. The van der Waals surface area contributed by atoms with Crippen molar-refractivity contribution in [3.05, 3.63) is 71.8 Å². The van der Waals surface area contributed by atoms with Gasteiger partial charge in [-0.2, -0.15) is 0 Å². The molecule has 1 heteroatoms. The van der Waals surface area contributed by atoms with E-state index in [9.17, 15) is 0 Å². The van der Waals surface area contributed by atoms with Crippen LogP contribution < -0.4 is 0 Å². The summed E-state index contributed by atoms with van der Waals surface area (Å²) in [5, 5.41) is 0. The van der Waals surface area contributed by atoms with Crippen LogP contribution in [0.4, 0.5) is 0 Å². The maximum absolute atomic E-state index is 2.30. The summed E-state index contributed by atoms with van der Waals surface area (Å²) in [6.45, 7) is 2.28. The second kappa shape index (κ2) is 7.28. The van der Waals surface area contributed by atoms with Crippen LogP contribution in [0.3, 0.4) is 0 Å². The van der Waals surface area contributed by atoms with Gasteiger partial charge in [-0.1, -0.05) is 0 Å². The fraction of sp³-hybridized carbons (Fsp3) is 0.333. The predicted octanol–water partition coefficient (Wildman–Crippen LogP) is 4.68. The molecule has 0 spiro atoms. The fourth-order valence-corrected chi connectivity index (χ4v) is 3.82. The predicted molar refractivity (Wildman–Crippen MR) is 83.6 cm³/mol. The van der Waals surface area contributed by atoms with Gasteiger partial charge in [0.1, 0.15) is 0 Å². The summed E-state index contributed by atoms with van der Waals surface area (Å²) < 4.78 is 0.275. The van der Waals surface area contributed by atoms with Crippen molar-refractivity contribution >= 4 is 27.9 Å². The first-order valence-electron chi connectivity index (χ1n) is 7.38. The van der Waals surface area contributed by atoms with Crippen LogP contribution in [-0.2, 0) is 2.66 Å². The van der Waals surface area contributed by atoms with Crippen LogP contribution in [0.25, 0.3) is 0 Å². The first kappa shape index (κ1) is 14.8. The Hall–Kier alpha value is -0.560. The first-order chi connectivity index (χ1) is 9.27. The molecule has 0 heterocycles. The van der Waals surface area contributed by atoms with E-state index in [0.717, 1.165) is 27.9 Å². The summed E-state index contributed by atoms with van der Waals surface area (Å²) in [4.78, 5) is 0. The van der Waals surface area contributed by atoms with Gasteiger partial charge in [0.15, 0.2) is 0 Å². The van der Waals surface area contributed by atoms with Crippen LogP contribution >= 0.6 is 0 Å². The molecular formula is C18H21Na. The third-order valence-electron chi connectivity index (χ3n) is 4.10. The van der Waals surface area contributed by atoms with E-state index in [2.05, 4.69) is 67.6 Å². The van der Waals surface area contributed by atoms with E-state index in [0.29, 0.717) is 0 Å². The Labute approximate surface area is 134 Å². The quantitative estimate of drug-likeness (QED) is 0.522. The van der Waals surface area contributed by atoms with Gasteiger partial charge in [-0.3, -0.25) is 0 Å². The molecule has 0 atom stereocenters. The summed E-state index contributed by atoms with van der Waals surface area (Å²) in [6.07, 6.45) is 5.23. The Kier molecular flexibility index (Phi) is 5.69. The zero-order valence-corrected chi connectivity index (χ0v) is 14.1. The molecule has 0 aliphatic carbocycles. The van der Waals surface area contributed by atoms with Crippen LogP contribution in [0.2, 0.25) is 0 Å². The number of hydrogen-bond acceptors (Lipinski definition) is 0. The van der Waals surface area contributed by atoms with Gasteiger partial charge in [0.25, 0.3) is 0 Å². The van der Waals surface area contributed by atoms with Crippen molar-refractivity contribution in [1.29, 1.82) is 0 Å². The number of hydrogen-bond donors (Lipinski definition) is 0. The van der Waals surface area contributed by atoms with E-state index in [1.807, 2.05) is 0 Å². The number of rotatable bonds is 6. The summed E-state index contributed by atoms with van der Waals surface area (Å²) in [7, 11) is 0. The normalized spacial score (nSPS) is 11.5. The molecule has 2 aromatic rings. The van der Waals surface area contributed by atoms with Crippen molar-refractivity contribution in [3.8, 4) is 0 Å². The molecule has 2 aromatic carbocycles. The third-order valence-corrected chi connectivity index (χ3v) is 5.76. The minimum atomic E-state index is 0.275. The van der Waals surface area contributed by atoms with Gasteiger partial charge in [-0.15, -0.1) is 0 Å². The molecule has 0 bridgehead atoms. The van der Waals surface area contributed by atoms with Gasteiger partial charge in [-0.05, 0) is 0 Å². The van der Waals surface area contributed by atoms with Gasteiger partial charge < -0.3 is 0 Å². The molecule has 0 saturated carbocycles. The fourth-order valence-electron chi connectivity index (χ4n) is 2.80. The third kappa shape index (κ3) is 3.72. The van der Waals surface area contributed by atoms with Crippen molar-refractivity contribution < 1.29 is 0 Å². The van der Waals surface area contributed by atoms with E-state index in [1.165, 1.54) is 36.8 Å². The standard InChI is InChI=1S/C18H21.Na/c1-2-3-6-15-18(16-11-7-4-8-12-16)17-13-9-5-10-14-17;/h4-5,7-14H,2-3,6,15H2,1H3;. The van der Waals surface area contributed by atoms with E-state index in [-0.39, 0.29) is 2.66 Å². The van der Waals surface area contributed by atoms with E-state index < -0.39 is 0 Å². The van der Waals surface area contributed by atoms with Crippen molar-refractivity contribution in [1.82, 2.24) is 0 Å². The molecule has 0 unspecified atom stereocenters. The summed E-state index contributed by atoms with van der Waals surface area (Å²) in [5.41, 5.74) is 2.98. The van der Waals surface area contributed by atoms with Gasteiger partial charge in [0.2, 0.25) is 0 Å². The van der Waals surface area contributed by atoms with Gasteiger partial charge in [0.05, 0.1) is 0 Å². The second-order valence-electron chi connectivity index (χ2n) is 5.52. The number of benzene rings is 2. The van der Waals surface area contributed by atoms with Gasteiger partial charge in [0, 0.05) is 0 Å². The van der Waals surface area contributed by atoms with Crippen LogP contribution in [0.15, 0.2) is 60.7 Å². The summed E-state index contributed by atoms with van der Waals surface area (Å²) in [5.74, 6) is 0. The average Bonchev–Trinajstić information content (AvgIpc) is 2.49. The van der Waals surface area contributed by atoms with E-state index in [4.69, 9.17) is 0 Å². The molecule has 0 aliphatic heterocycles. The van der Waals surface area contributed by atoms with Crippen molar-refractivity contribution in [2.24, 2.45) is 0 Å². The summed E-state index contributed by atoms with van der Waals surface area (Å²) in [6, 6.07) is 22.1. The van der Waals surface area contributed by atoms with Crippen LogP contribution in [0.1, 0.15) is 43.7 Å². The van der Waals surface area contributed by atoms with Crippen molar-refractivity contribution in [2.45, 2.75) is 35.3 Å². The zero-order valence-electron chi connectivity index (χ0n) is 12.1. The zero-order chi connectivity index (χ0) is 13.6. The molecular weight excluding hydrogens is 239 g/mol. The van der Waals surface area contributed by atoms with E-state index in [1.54, 1.807) is 0 Å². The first-order valence-corrected chi connectivity index (χ1v) is 8.38. The Balaban J connectivity index is 2.33. The minimum absolute atomic E-state index is 0.275. The molecule has 0 nitrogen and oxygen atoms in total. The molecule has 0 saturated heterocycles. The molecule has 0 aromatic heterocycles. The molecule has 2 rings (SSSR count). The van der Waals surface area contributed by atoms with Crippen molar-refractivity contribution in [3.63, 3.8) is 0 Å². The monoisotopic (exact) mass is 260 g/mol. The molecule has 19 heavy (non-hydrogen) atoms. The van der Waals surface area contributed by atoms with Crippen LogP contribution in [0.5, 0.6) is 0 Å². The number of unbranched alkanes of at least 4 members (excludes halogenated alkanes) is 2. The van der Waals surface area contributed by atoms with Gasteiger partial charge in [-0.25, -0.2) is 0 Å². The maximum atomic E-state index is 2.30. The molecule has 0 fully saturated rings. The Bertz CT molecular complexity index is 436. The Morgan fingerprint density at radius 2 is 1.26 bits per heavy atom. The van der Waals surface area contributed by atoms with Crippen LogP contribution in [0, 0.1) is 0 Å². The van der Waals surface area contributed by atoms with Crippen molar-refractivity contribution in [2.75, 3.05) is 0 Å². The van der Waals surface area contributed by atoms with Gasteiger partial charge >= 0.3 is 135 Å². The molecule has 0 N–H and O–H groups in total. The SMILES string of the molecule is CCCCC[C]([Na])(c1ccccc1)c1ccccc1. The molecule has 0 radical (unpaired) electrons. The Morgan fingerprint density at radius 3 is 1.68 bits per heavy atom. The second-order valence-corrected chi connectivity index (χ2v) is 7.23. The Morgan fingerprint density at radius 1 is 0.789 bits per heavy atom. The van der Waals surface area contributed by atoms with Crippen LogP contribution in [-0.4, -0.2) is 27.9 Å². The average molecular weight is 260 g/mol. The molecule has 0 amide bonds. The topological polar surface area (TPSA) is 0 Å². The molecule has 94 valence electrons.